The van der Waals surface area contributed by atoms with Gasteiger partial charge in [-0.2, -0.15) is 13.9 Å². The second kappa shape index (κ2) is 11.5. The molecule has 34 heavy (non-hydrogen) atoms. The van der Waals surface area contributed by atoms with E-state index in [0.29, 0.717) is 11.3 Å². The molecule has 3 rings (SSSR count). The standard InChI is InChI=1S/C23H21Cl2F3N2O4/c1-3-13-5-4-6-16(11-13)33-21(26)17(20(25)31)12-32-15-9-7-14(8-10-15)19-18(24)22(30(2)29-19)34-23(27)28/h4-11,17,21,23H,3,12H2,1-2H3. The lowest BCUT2D eigenvalue weighted by Gasteiger charge is -2.19. The van der Waals surface area contributed by atoms with Crippen LogP contribution in [-0.2, 0) is 18.3 Å². The molecule has 2 atom stereocenters. The molecule has 0 radical (unpaired) electrons. The van der Waals surface area contributed by atoms with E-state index in [1.807, 2.05) is 13.0 Å². The Labute approximate surface area is 204 Å². The lowest BCUT2D eigenvalue weighted by molar-refractivity contribution is -0.123. The molecule has 1 heterocycles. The summed E-state index contributed by atoms with van der Waals surface area (Å²) in [4.78, 5) is 11.8. The Morgan fingerprint density at radius 1 is 1.09 bits per heavy atom. The summed E-state index contributed by atoms with van der Waals surface area (Å²) >= 11 is 11.7. The number of carbonyl (C=O) groups excluding carboxylic acids is 1. The van der Waals surface area contributed by atoms with E-state index in [2.05, 4.69) is 9.84 Å². The highest BCUT2D eigenvalue weighted by Crippen LogP contribution is 2.36. The molecule has 0 saturated heterocycles. The van der Waals surface area contributed by atoms with Crippen molar-refractivity contribution in [3.05, 3.63) is 59.1 Å². The lowest BCUT2D eigenvalue weighted by Crippen LogP contribution is -2.32. The van der Waals surface area contributed by atoms with Crippen LogP contribution in [0.2, 0.25) is 5.02 Å². The molecule has 0 aliphatic carbocycles. The predicted octanol–water partition coefficient (Wildman–Crippen LogP) is 6.04. The molecule has 0 bridgehead atoms. The van der Waals surface area contributed by atoms with Gasteiger partial charge in [-0.05, 0) is 60.0 Å². The van der Waals surface area contributed by atoms with E-state index in [9.17, 15) is 18.0 Å². The number of alkyl halides is 3. The van der Waals surface area contributed by atoms with Crippen LogP contribution in [0.4, 0.5) is 13.2 Å². The zero-order valence-corrected chi connectivity index (χ0v) is 19.7. The molecule has 0 N–H and O–H groups in total. The van der Waals surface area contributed by atoms with Crippen molar-refractivity contribution in [1.82, 2.24) is 9.78 Å². The fraction of sp³-hybridized carbons (Fsp3) is 0.304. The van der Waals surface area contributed by atoms with Crippen molar-refractivity contribution in [2.45, 2.75) is 26.3 Å². The van der Waals surface area contributed by atoms with Crippen LogP contribution in [-0.4, -0.2) is 34.6 Å². The van der Waals surface area contributed by atoms with Gasteiger partial charge in [0.15, 0.2) is 0 Å². The summed E-state index contributed by atoms with van der Waals surface area (Å²) in [6, 6.07) is 13.1. The van der Waals surface area contributed by atoms with Crippen LogP contribution < -0.4 is 14.2 Å². The Bertz CT molecular complexity index is 1130. The van der Waals surface area contributed by atoms with Crippen LogP contribution in [0.15, 0.2) is 48.5 Å². The molecule has 2 aromatic carbocycles. The van der Waals surface area contributed by atoms with E-state index in [-0.39, 0.29) is 29.0 Å². The zero-order valence-electron chi connectivity index (χ0n) is 18.2. The maximum atomic E-state index is 14.7. The summed E-state index contributed by atoms with van der Waals surface area (Å²) in [5, 5.41) is 3.08. The maximum absolute atomic E-state index is 14.7. The maximum Gasteiger partial charge on any atom is 0.388 e. The zero-order chi connectivity index (χ0) is 24.8. The number of hydrogen-bond donors (Lipinski definition) is 0. The molecule has 0 aliphatic rings. The van der Waals surface area contributed by atoms with E-state index in [0.717, 1.165) is 16.7 Å². The number of rotatable bonds is 11. The van der Waals surface area contributed by atoms with Crippen molar-refractivity contribution >= 4 is 28.4 Å². The third-order valence-corrected chi connectivity index (χ3v) is 5.48. The summed E-state index contributed by atoms with van der Waals surface area (Å²) in [5.74, 6) is -1.05. The minimum absolute atomic E-state index is 0.0752. The van der Waals surface area contributed by atoms with Gasteiger partial charge in [0, 0.05) is 12.6 Å². The molecule has 0 amide bonds. The first kappa shape index (κ1) is 25.7. The fourth-order valence-electron chi connectivity index (χ4n) is 3.07. The molecule has 0 aliphatic heterocycles. The van der Waals surface area contributed by atoms with E-state index in [1.54, 1.807) is 30.3 Å². The first-order chi connectivity index (χ1) is 16.2. The van der Waals surface area contributed by atoms with E-state index >= 15 is 0 Å². The topological polar surface area (TPSA) is 62.6 Å². The van der Waals surface area contributed by atoms with E-state index < -0.39 is 24.1 Å². The molecular formula is C23H21Cl2F3N2O4. The predicted molar refractivity (Wildman–Crippen MR) is 121 cm³/mol. The van der Waals surface area contributed by atoms with Crippen LogP contribution in [0.5, 0.6) is 17.4 Å². The Kier molecular flexibility index (Phi) is 8.68. The van der Waals surface area contributed by atoms with Crippen molar-refractivity contribution in [2.75, 3.05) is 6.61 Å². The van der Waals surface area contributed by atoms with Crippen LogP contribution in [0.3, 0.4) is 0 Å². The highest BCUT2D eigenvalue weighted by atomic mass is 35.5. The molecule has 6 nitrogen and oxygen atoms in total. The third kappa shape index (κ3) is 6.36. The number of aromatic nitrogens is 2. The summed E-state index contributed by atoms with van der Waals surface area (Å²) in [5.41, 5.74) is 1.69. The monoisotopic (exact) mass is 516 g/mol. The number of carbonyl (C=O) groups is 1. The Morgan fingerprint density at radius 2 is 1.79 bits per heavy atom. The molecule has 11 heteroatoms. The van der Waals surface area contributed by atoms with E-state index in [4.69, 9.17) is 32.7 Å². The van der Waals surface area contributed by atoms with E-state index in [1.165, 1.54) is 19.2 Å². The van der Waals surface area contributed by atoms with Crippen LogP contribution >= 0.6 is 23.2 Å². The first-order valence-electron chi connectivity index (χ1n) is 10.2. The van der Waals surface area contributed by atoms with Gasteiger partial charge in [0.05, 0.1) is 0 Å². The molecule has 182 valence electrons. The molecule has 0 fully saturated rings. The van der Waals surface area contributed by atoms with Crippen LogP contribution in [0.25, 0.3) is 11.3 Å². The molecule has 0 spiro atoms. The molecule has 2 unspecified atom stereocenters. The van der Waals surface area contributed by atoms with Gasteiger partial charge in [-0.25, -0.2) is 9.07 Å². The smallest absolute Gasteiger partial charge is 0.388 e. The molecule has 1 aromatic heterocycles. The quantitative estimate of drug-likeness (QED) is 0.291. The molecule has 0 saturated carbocycles. The summed E-state index contributed by atoms with van der Waals surface area (Å²) in [6.07, 6.45) is -1.27. The SMILES string of the molecule is CCc1cccc(OC(F)C(COc2ccc(-c3nn(C)c(OC(F)F)c3Cl)cc2)C(=O)Cl)c1. The Hall–Kier alpha value is -2.91. The second-order valence-electron chi connectivity index (χ2n) is 7.19. The van der Waals surface area contributed by atoms with Gasteiger partial charge in [0.25, 0.3) is 6.36 Å². The van der Waals surface area contributed by atoms with Crippen molar-refractivity contribution in [3.63, 3.8) is 0 Å². The average Bonchev–Trinajstić information content (AvgIpc) is 3.07. The van der Waals surface area contributed by atoms with Gasteiger partial charge in [-0.1, -0.05) is 30.7 Å². The van der Waals surface area contributed by atoms with Gasteiger partial charge in [-0.15, -0.1) is 0 Å². The number of benzene rings is 2. The number of ether oxygens (including phenoxy) is 3. The number of hydrogen-bond acceptors (Lipinski definition) is 5. The van der Waals surface area contributed by atoms with Crippen molar-refractivity contribution < 1.29 is 32.2 Å². The molecule has 3 aromatic rings. The third-order valence-electron chi connectivity index (χ3n) is 4.86. The first-order valence-corrected chi connectivity index (χ1v) is 10.9. The highest BCUT2D eigenvalue weighted by molar-refractivity contribution is 6.64. The number of aryl methyl sites for hydroxylation is 2. The minimum atomic E-state index is -3.05. The Morgan fingerprint density at radius 3 is 2.41 bits per heavy atom. The summed E-state index contributed by atoms with van der Waals surface area (Å²) < 4.78 is 56.1. The van der Waals surface area contributed by atoms with Crippen molar-refractivity contribution in [1.29, 1.82) is 0 Å². The average molecular weight is 517 g/mol. The van der Waals surface area contributed by atoms with Crippen molar-refractivity contribution in [3.8, 4) is 28.6 Å². The summed E-state index contributed by atoms with van der Waals surface area (Å²) in [7, 11) is 1.42. The van der Waals surface area contributed by atoms with Gasteiger partial charge in [0.1, 0.15) is 34.7 Å². The van der Waals surface area contributed by atoms with Gasteiger partial charge in [0.2, 0.25) is 11.1 Å². The van der Waals surface area contributed by atoms with Gasteiger partial charge < -0.3 is 14.2 Å². The van der Waals surface area contributed by atoms with Crippen molar-refractivity contribution in [2.24, 2.45) is 13.0 Å². The normalized spacial score (nSPS) is 12.9. The molecular weight excluding hydrogens is 496 g/mol. The summed E-state index contributed by atoms with van der Waals surface area (Å²) in [6.45, 7) is -1.46. The van der Waals surface area contributed by atoms with Crippen LogP contribution in [0.1, 0.15) is 12.5 Å². The van der Waals surface area contributed by atoms with Gasteiger partial charge >= 0.3 is 6.61 Å². The highest BCUT2D eigenvalue weighted by Gasteiger charge is 2.30. The van der Waals surface area contributed by atoms with Crippen LogP contribution in [0, 0.1) is 5.92 Å². The lowest BCUT2D eigenvalue weighted by atomic mass is 10.1. The largest absolute Gasteiger partial charge is 0.493 e. The second-order valence-corrected chi connectivity index (χ2v) is 7.94. The minimum Gasteiger partial charge on any atom is -0.493 e. The number of halogens is 5. The van der Waals surface area contributed by atoms with Gasteiger partial charge in [-0.3, -0.25) is 4.79 Å². The number of nitrogens with zero attached hydrogens (tertiary/aromatic N) is 2. The fourth-order valence-corrected chi connectivity index (χ4v) is 3.55. The Balaban J connectivity index is 1.66.